The molecule has 3 unspecified atom stereocenters. The third-order valence-corrected chi connectivity index (χ3v) is 2.98. The van der Waals surface area contributed by atoms with Crippen LogP contribution in [0.5, 0.6) is 0 Å². The van der Waals surface area contributed by atoms with E-state index in [-0.39, 0.29) is 19.0 Å². The van der Waals surface area contributed by atoms with Gasteiger partial charge in [-0.2, -0.15) is 8.42 Å². The first-order valence-corrected chi connectivity index (χ1v) is 6.73. The van der Waals surface area contributed by atoms with Crippen LogP contribution in [0, 0.1) is 0 Å². The summed E-state index contributed by atoms with van der Waals surface area (Å²) in [5.74, 6) is 0.415. The molecule has 0 saturated heterocycles. The van der Waals surface area contributed by atoms with Crippen LogP contribution in [0.3, 0.4) is 0 Å². The van der Waals surface area contributed by atoms with Gasteiger partial charge >= 0.3 is 0 Å². The molecule has 0 spiro atoms. The third kappa shape index (κ3) is 4.50. The lowest BCUT2D eigenvalue weighted by Gasteiger charge is -2.18. The molecule has 0 heterocycles. The van der Waals surface area contributed by atoms with Crippen molar-refractivity contribution in [2.75, 3.05) is 20.2 Å². The molecule has 0 N–H and O–H groups in total. The molecule has 0 aliphatic heterocycles. The van der Waals surface area contributed by atoms with Gasteiger partial charge < -0.3 is 9.47 Å². The SMILES string of the molecule is BC1CC(OCOC)C(OS(C)(=O)=O)C1. The Morgan fingerprint density at radius 3 is 2.47 bits per heavy atom. The van der Waals surface area contributed by atoms with Crippen LogP contribution in [0.2, 0.25) is 5.82 Å². The van der Waals surface area contributed by atoms with Crippen LogP contribution in [0.1, 0.15) is 12.8 Å². The van der Waals surface area contributed by atoms with Gasteiger partial charge in [-0.15, -0.1) is 0 Å². The van der Waals surface area contributed by atoms with Crippen molar-refractivity contribution >= 4 is 18.0 Å². The molecule has 1 saturated carbocycles. The Bertz CT molecular complexity index is 291. The lowest BCUT2D eigenvalue weighted by atomic mass is 9.86. The van der Waals surface area contributed by atoms with E-state index in [9.17, 15) is 8.42 Å². The van der Waals surface area contributed by atoms with E-state index in [1.807, 2.05) is 0 Å². The van der Waals surface area contributed by atoms with E-state index >= 15 is 0 Å². The summed E-state index contributed by atoms with van der Waals surface area (Å²) >= 11 is 0. The lowest BCUT2D eigenvalue weighted by molar-refractivity contribution is -0.0950. The van der Waals surface area contributed by atoms with Gasteiger partial charge in [0.15, 0.2) is 0 Å². The van der Waals surface area contributed by atoms with Gasteiger partial charge in [-0.1, -0.05) is 5.82 Å². The summed E-state index contributed by atoms with van der Waals surface area (Å²) in [5, 5.41) is 0. The Kier molecular flexibility index (Phi) is 4.57. The second kappa shape index (κ2) is 5.29. The van der Waals surface area contributed by atoms with E-state index in [0.29, 0.717) is 12.2 Å². The predicted octanol–water partition coefficient (Wildman–Crippen LogP) is -0.464. The third-order valence-electron chi connectivity index (χ3n) is 2.38. The average Bonchev–Trinajstić information content (AvgIpc) is 2.39. The first kappa shape index (κ1) is 13.0. The minimum atomic E-state index is -3.41. The Morgan fingerprint density at radius 2 is 1.93 bits per heavy atom. The first-order chi connectivity index (χ1) is 6.92. The van der Waals surface area contributed by atoms with Crippen LogP contribution >= 0.6 is 0 Å². The minimum Gasteiger partial charge on any atom is -0.359 e. The fourth-order valence-electron chi connectivity index (χ4n) is 1.85. The highest BCUT2D eigenvalue weighted by atomic mass is 32.2. The topological polar surface area (TPSA) is 61.8 Å². The van der Waals surface area contributed by atoms with Crippen molar-refractivity contribution in [3.05, 3.63) is 0 Å². The fraction of sp³-hybridized carbons (Fsp3) is 1.00. The van der Waals surface area contributed by atoms with Crippen LogP contribution in [-0.2, 0) is 23.8 Å². The van der Waals surface area contributed by atoms with Crippen molar-refractivity contribution in [2.45, 2.75) is 30.9 Å². The van der Waals surface area contributed by atoms with Gasteiger partial charge in [0.25, 0.3) is 10.1 Å². The molecule has 0 amide bonds. The first-order valence-electron chi connectivity index (χ1n) is 4.91. The number of methoxy groups -OCH3 is 1. The normalized spacial score (nSPS) is 32.0. The zero-order valence-electron chi connectivity index (χ0n) is 9.30. The summed E-state index contributed by atoms with van der Waals surface area (Å²) in [7, 11) is 0.173. The summed E-state index contributed by atoms with van der Waals surface area (Å²) in [4.78, 5) is 0. The molecule has 0 bridgehead atoms. The number of hydrogen-bond donors (Lipinski definition) is 0. The predicted molar refractivity (Wildman–Crippen MR) is 58.0 cm³/mol. The van der Waals surface area contributed by atoms with E-state index in [0.717, 1.165) is 12.7 Å². The number of ether oxygens (including phenoxy) is 2. The van der Waals surface area contributed by atoms with Crippen molar-refractivity contribution in [2.24, 2.45) is 0 Å². The molecule has 0 radical (unpaired) electrons. The largest absolute Gasteiger partial charge is 0.359 e. The zero-order valence-corrected chi connectivity index (χ0v) is 10.1. The molecule has 15 heavy (non-hydrogen) atoms. The van der Waals surface area contributed by atoms with E-state index in [4.69, 9.17) is 13.7 Å². The van der Waals surface area contributed by atoms with E-state index < -0.39 is 10.1 Å². The Labute approximate surface area is 91.6 Å². The molecule has 0 aromatic carbocycles. The Balaban J connectivity index is 2.53. The standard InChI is InChI=1S/C8H17BO5S/c1-12-5-13-7-3-6(9)4-8(7)14-15(2,10)11/h6-8H,3-5,9H2,1-2H3. The van der Waals surface area contributed by atoms with Crippen molar-refractivity contribution in [3.8, 4) is 0 Å². The average molecular weight is 236 g/mol. The van der Waals surface area contributed by atoms with Gasteiger partial charge in [0.05, 0.1) is 12.4 Å². The smallest absolute Gasteiger partial charge is 0.264 e. The summed E-state index contributed by atoms with van der Waals surface area (Å²) in [6.07, 6.45) is 2.02. The fourth-order valence-corrected chi connectivity index (χ4v) is 2.50. The van der Waals surface area contributed by atoms with Crippen LogP contribution < -0.4 is 0 Å². The van der Waals surface area contributed by atoms with E-state index in [1.165, 1.54) is 7.11 Å². The van der Waals surface area contributed by atoms with Gasteiger partial charge in [-0.25, -0.2) is 0 Å². The lowest BCUT2D eigenvalue weighted by Crippen LogP contribution is -2.28. The molecular formula is C8H17BO5S. The molecule has 1 rings (SSSR count). The molecule has 88 valence electrons. The maximum Gasteiger partial charge on any atom is 0.264 e. The molecule has 1 aliphatic rings. The number of hydrogen-bond acceptors (Lipinski definition) is 5. The molecule has 0 aromatic heterocycles. The van der Waals surface area contributed by atoms with E-state index in [2.05, 4.69) is 7.85 Å². The molecule has 0 aromatic rings. The van der Waals surface area contributed by atoms with Crippen molar-refractivity contribution in [1.29, 1.82) is 0 Å². The maximum absolute atomic E-state index is 11.0. The second-order valence-electron chi connectivity index (χ2n) is 4.03. The van der Waals surface area contributed by atoms with Gasteiger partial charge in [0.1, 0.15) is 20.7 Å². The molecule has 5 nitrogen and oxygen atoms in total. The summed E-state index contributed by atoms with van der Waals surface area (Å²) in [6, 6.07) is 0. The van der Waals surface area contributed by atoms with Crippen LogP contribution in [-0.4, -0.2) is 48.6 Å². The Morgan fingerprint density at radius 1 is 1.33 bits per heavy atom. The summed E-state index contributed by atoms with van der Waals surface area (Å²) < 4.78 is 37.1. The minimum absolute atomic E-state index is 0.168. The van der Waals surface area contributed by atoms with E-state index in [1.54, 1.807) is 0 Å². The second-order valence-corrected chi connectivity index (χ2v) is 5.63. The highest BCUT2D eigenvalue weighted by molar-refractivity contribution is 7.86. The molecule has 7 heteroatoms. The molecule has 1 aliphatic carbocycles. The van der Waals surface area contributed by atoms with Gasteiger partial charge in [0, 0.05) is 7.11 Å². The van der Waals surface area contributed by atoms with Gasteiger partial charge in [-0.05, 0) is 12.8 Å². The van der Waals surface area contributed by atoms with Gasteiger partial charge in [-0.3, -0.25) is 4.18 Å². The quantitative estimate of drug-likeness (QED) is 0.367. The Hall–Kier alpha value is -0.105. The van der Waals surface area contributed by atoms with Crippen LogP contribution in [0.4, 0.5) is 0 Å². The molecule has 3 atom stereocenters. The van der Waals surface area contributed by atoms with Crippen molar-refractivity contribution in [3.63, 3.8) is 0 Å². The summed E-state index contributed by atoms with van der Waals surface area (Å²) in [5.41, 5.74) is 0. The van der Waals surface area contributed by atoms with Crippen LogP contribution in [0.25, 0.3) is 0 Å². The van der Waals surface area contributed by atoms with Crippen molar-refractivity contribution in [1.82, 2.24) is 0 Å². The zero-order chi connectivity index (χ0) is 11.5. The molecular weight excluding hydrogens is 219 g/mol. The number of rotatable bonds is 5. The van der Waals surface area contributed by atoms with Gasteiger partial charge in [0.2, 0.25) is 0 Å². The molecule has 1 fully saturated rings. The highest BCUT2D eigenvalue weighted by Crippen LogP contribution is 2.33. The maximum atomic E-state index is 11.0. The summed E-state index contributed by atoms with van der Waals surface area (Å²) in [6.45, 7) is 0.168. The monoisotopic (exact) mass is 236 g/mol. The van der Waals surface area contributed by atoms with Crippen molar-refractivity contribution < 1.29 is 22.1 Å². The highest BCUT2D eigenvalue weighted by Gasteiger charge is 2.35. The van der Waals surface area contributed by atoms with Crippen LogP contribution in [0.15, 0.2) is 0 Å².